The normalized spacial score (nSPS) is 10.8. The predicted octanol–water partition coefficient (Wildman–Crippen LogP) is 5.48. The molecule has 32 heavy (non-hydrogen) atoms. The van der Waals surface area contributed by atoms with Crippen molar-refractivity contribution in [3.05, 3.63) is 103 Å². The van der Waals surface area contributed by atoms with Gasteiger partial charge in [0.05, 0.1) is 27.6 Å². The van der Waals surface area contributed by atoms with Crippen molar-refractivity contribution < 1.29 is 14.5 Å². The maximum atomic E-state index is 12.1. The third kappa shape index (κ3) is 6.29. The number of hydrogen-bond donors (Lipinski definition) is 1. The molecule has 7 nitrogen and oxygen atoms in total. The summed E-state index contributed by atoms with van der Waals surface area (Å²) in [5.41, 5.74) is 5.18. The molecular weight excluding hydrogens is 453 g/mol. The monoisotopic (exact) mass is 471 g/mol. The maximum Gasteiger partial charge on any atom is 0.273 e. The average molecular weight is 472 g/mol. The lowest BCUT2D eigenvalue weighted by atomic mass is 10.1. The number of nitrogens with zero attached hydrogens (tertiary/aromatic N) is 2. The number of benzene rings is 3. The van der Waals surface area contributed by atoms with E-state index in [-0.39, 0.29) is 12.1 Å². The summed E-state index contributed by atoms with van der Waals surface area (Å²) in [6, 6.07) is 17.2. The van der Waals surface area contributed by atoms with Gasteiger partial charge in [0.1, 0.15) is 6.61 Å². The van der Waals surface area contributed by atoms with Gasteiger partial charge in [-0.2, -0.15) is 5.10 Å². The summed E-state index contributed by atoms with van der Waals surface area (Å²) >= 11 is 12.6. The fourth-order valence-electron chi connectivity index (χ4n) is 2.98. The smallest absolute Gasteiger partial charge is 0.273 e. The highest BCUT2D eigenvalue weighted by molar-refractivity contribution is 6.37. The number of hydrogen-bond acceptors (Lipinski definition) is 5. The molecule has 164 valence electrons. The second-order valence-corrected chi connectivity index (χ2v) is 7.76. The molecule has 0 aromatic heterocycles. The van der Waals surface area contributed by atoms with Gasteiger partial charge in [0.2, 0.25) is 5.91 Å². The second kappa shape index (κ2) is 10.7. The zero-order chi connectivity index (χ0) is 23.1. The van der Waals surface area contributed by atoms with Crippen LogP contribution in [-0.2, 0) is 17.8 Å². The maximum absolute atomic E-state index is 12.1. The molecule has 9 heteroatoms. The number of carbonyl (C=O) groups excluding carboxylic acids is 1. The summed E-state index contributed by atoms with van der Waals surface area (Å²) < 4.78 is 5.77. The summed E-state index contributed by atoms with van der Waals surface area (Å²) in [4.78, 5) is 22.6. The molecule has 3 aromatic rings. The Morgan fingerprint density at radius 3 is 2.53 bits per heavy atom. The minimum absolute atomic E-state index is 0.119. The summed E-state index contributed by atoms with van der Waals surface area (Å²) in [5.74, 6) is -0.140. The van der Waals surface area contributed by atoms with Gasteiger partial charge in [-0.05, 0) is 30.2 Å². The van der Waals surface area contributed by atoms with Crippen LogP contribution in [0.25, 0.3) is 0 Å². The Labute approximate surface area is 194 Å². The Balaban J connectivity index is 1.61. The Morgan fingerprint density at radius 2 is 1.84 bits per heavy atom. The number of amides is 1. The van der Waals surface area contributed by atoms with Crippen LogP contribution >= 0.6 is 23.2 Å². The predicted molar refractivity (Wildman–Crippen MR) is 125 cm³/mol. The van der Waals surface area contributed by atoms with E-state index in [4.69, 9.17) is 27.9 Å². The SMILES string of the molecule is Cc1cccc(COc2c(Cl)cc(/C=N/NC(=O)Cc3ccccc3[N+](=O)[O-])cc2Cl)c1. The van der Waals surface area contributed by atoms with Crippen LogP contribution in [0.3, 0.4) is 0 Å². The standard InChI is InChI=1S/C23H19Cl2N3O4/c1-15-5-4-6-16(9-15)14-32-23-19(24)10-17(11-20(23)25)13-26-27-22(29)12-18-7-2-3-8-21(18)28(30)31/h2-11,13H,12,14H2,1H3,(H,27,29)/b26-13+. The third-order valence-electron chi connectivity index (χ3n) is 4.43. The van der Waals surface area contributed by atoms with Crippen LogP contribution in [0.5, 0.6) is 5.75 Å². The largest absolute Gasteiger partial charge is 0.486 e. The molecule has 1 amide bonds. The van der Waals surface area contributed by atoms with Gasteiger partial charge in [0, 0.05) is 11.6 Å². The molecule has 0 radical (unpaired) electrons. The van der Waals surface area contributed by atoms with Gasteiger partial charge in [-0.1, -0.05) is 71.2 Å². The van der Waals surface area contributed by atoms with E-state index < -0.39 is 10.8 Å². The lowest BCUT2D eigenvalue weighted by Gasteiger charge is -2.11. The molecule has 0 aliphatic carbocycles. The molecule has 0 fully saturated rings. The van der Waals surface area contributed by atoms with Crippen molar-refractivity contribution in [2.75, 3.05) is 0 Å². The van der Waals surface area contributed by atoms with E-state index >= 15 is 0 Å². The van der Waals surface area contributed by atoms with Crippen LogP contribution in [0.4, 0.5) is 5.69 Å². The lowest BCUT2D eigenvalue weighted by Crippen LogP contribution is -2.20. The van der Waals surface area contributed by atoms with Crippen molar-refractivity contribution in [2.45, 2.75) is 20.0 Å². The van der Waals surface area contributed by atoms with Crippen molar-refractivity contribution >= 4 is 41.0 Å². The minimum Gasteiger partial charge on any atom is -0.486 e. The highest BCUT2D eigenvalue weighted by atomic mass is 35.5. The highest BCUT2D eigenvalue weighted by Crippen LogP contribution is 2.34. The van der Waals surface area contributed by atoms with Crippen molar-refractivity contribution in [1.82, 2.24) is 5.43 Å². The number of nitrogens with one attached hydrogen (secondary N) is 1. The molecule has 0 heterocycles. The number of halogens is 2. The number of hydrazone groups is 1. The molecule has 0 aliphatic heterocycles. The van der Waals surface area contributed by atoms with E-state index in [1.54, 1.807) is 24.3 Å². The van der Waals surface area contributed by atoms with Crippen LogP contribution in [0.15, 0.2) is 65.8 Å². The van der Waals surface area contributed by atoms with E-state index in [2.05, 4.69) is 10.5 Å². The zero-order valence-corrected chi connectivity index (χ0v) is 18.6. The topological polar surface area (TPSA) is 93.8 Å². The van der Waals surface area contributed by atoms with Crippen LogP contribution in [0.1, 0.15) is 22.3 Å². The average Bonchev–Trinajstić information content (AvgIpc) is 2.73. The summed E-state index contributed by atoms with van der Waals surface area (Å²) in [6.45, 7) is 2.31. The first kappa shape index (κ1) is 23.2. The van der Waals surface area contributed by atoms with Gasteiger partial charge in [0.15, 0.2) is 5.75 Å². The molecule has 3 rings (SSSR count). The van der Waals surface area contributed by atoms with Crippen molar-refractivity contribution in [3.8, 4) is 5.75 Å². The number of rotatable bonds is 8. The Morgan fingerprint density at radius 1 is 1.12 bits per heavy atom. The van der Waals surface area contributed by atoms with Gasteiger partial charge in [0.25, 0.3) is 5.69 Å². The molecule has 0 bridgehead atoms. The fourth-order valence-corrected chi connectivity index (χ4v) is 3.59. The summed E-state index contributed by atoms with van der Waals surface area (Å²) in [6.07, 6.45) is 1.20. The Kier molecular flexibility index (Phi) is 7.81. The van der Waals surface area contributed by atoms with Gasteiger partial charge in [-0.25, -0.2) is 5.43 Å². The molecule has 0 unspecified atom stereocenters. The fraction of sp³-hybridized carbons (Fsp3) is 0.130. The highest BCUT2D eigenvalue weighted by Gasteiger charge is 2.15. The molecule has 0 spiro atoms. The van der Waals surface area contributed by atoms with Crippen LogP contribution in [0.2, 0.25) is 10.0 Å². The Bertz CT molecular complexity index is 1160. The molecule has 3 aromatic carbocycles. The first-order chi connectivity index (χ1) is 15.3. The van der Waals surface area contributed by atoms with Gasteiger partial charge >= 0.3 is 0 Å². The first-order valence-electron chi connectivity index (χ1n) is 9.55. The molecule has 1 N–H and O–H groups in total. The third-order valence-corrected chi connectivity index (χ3v) is 4.99. The van der Waals surface area contributed by atoms with E-state index in [0.717, 1.165) is 11.1 Å². The number of nitro groups is 1. The quantitative estimate of drug-likeness (QED) is 0.267. The van der Waals surface area contributed by atoms with Crippen molar-refractivity contribution in [3.63, 3.8) is 0 Å². The molecule has 0 aliphatic rings. The van der Waals surface area contributed by atoms with Crippen LogP contribution in [-0.4, -0.2) is 17.0 Å². The van der Waals surface area contributed by atoms with E-state index in [9.17, 15) is 14.9 Å². The molecule has 0 atom stereocenters. The van der Waals surface area contributed by atoms with E-state index in [0.29, 0.717) is 33.5 Å². The van der Waals surface area contributed by atoms with E-state index in [1.807, 2.05) is 31.2 Å². The van der Waals surface area contributed by atoms with Gasteiger partial charge in [-0.15, -0.1) is 0 Å². The van der Waals surface area contributed by atoms with Gasteiger partial charge in [-0.3, -0.25) is 14.9 Å². The number of ether oxygens (including phenoxy) is 1. The summed E-state index contributed by atoms with van der Waals surface area (Å²) in [5, 5.41) is 15.5. The number of aryl methyl sites for hydroxylation is 1. The first-order valence-corrected chi connectivity index (χ1v) is 10.3. The number of carbonyl (C=O) groups is 1. The zero-order valence-electron chi connectivity index (χ0n) is 17.0. The molecule has 0 saturated heterocycles. The van der Waals surface area contributed by atoms with Gasteiger partial charge < -0.3 is 4.74 Å². The van der Waals surface area contributed by atoms with E-state index in [1.165, 1.54) is 18.3 Å². The van der Waals surface area contributed by atoms with Crippen molar-refractivity contribution in [1.29, 1.82) is 0 Å². The molecule has 0 saturated carbocycles. The second-order valence-electron chi connectivity index (χ2n) is 6.95. The van der Waals surface area contributed by atoms with Crippen LogP contribution < -0.4 is 10.2 Å². The number of para-hydroxylation sites is 1. The minimum atomic E-state index is -0.529. The lowest BCUT2D eigenvalue weighted by molar-refractivity contribution is -0.385. The molecular formula is C23H19Cl2N3O4. The van der Waals surface area contributed by atoms with Crippen molar-refractivity contribution in [2.24, 2.45) is 5.10 Å². The Hall–Kier alpha value is -3.42. The van der Waals surface area contributed by atoms with Crippen LogP contribution in [0, 0.1) is 17.0 Å². The number of nitro benzene ring substituents is 1. The summed E-state index contributed by atoms with van der Waals surface area (Å²) in [7, 11) is 0.